The second-order valence-electron chi connectivity index (χ2n) is 4.84. The first-order valence-electron chi connectivity index (χ1n) is 6.55. The van der Waals surface area contributed by atoms with E-state index < -0.39 is 10.0 Å². The van der Waals surface area contributed by atoms with Crippen molar-refractivity contribution in [2.24, 2.45) is 7.05 Å². The van der Waals surface area contributed by atoms with Crippen molar-refractivity contribution in [2.75, 3.05) is 4.72 Å². The minimum Gasteiger partial charge on any atom is -0.274 e. The van der Waals surface area contributed by atoms with Crippen molar-refractivity contribution in [1.82, 2.24) is 24.5 Å². The zero-order chi connectivity index (χ0) is 16.6. The fourth-order valence-electron chi connectivity index (χ4n) is 2.03. The zero-order valence-corrected chi connectivity index (χ0v) is 13.9. The van der Waals surface area contributed by atoms with Gasteiger partial charge >= 0.3 is 0 Å². The van der Waals surface area contributed by atoms with Gasteiger partial charge in [0.1, 0.15) is 18.3 Å². The number of nitrogens with zero attached hydrogens (tertiary/aromatic N) is 5. The van der Waals surface area contributed by atoms with Crippen LogP contribution in [0.1, 0.15) is 5.69 Å². The average Bonchev–Trinajstić information content (AvgIpc) is 3.11. The van der Waals surface area contributed by atoms with E-state index in [9.17, 15) is 8.42 Å². The van der Waals surface area contributed by atoms with E-state index in [0.717, 1.165) is 0 Å². The van der Waals surface area contributed by atoms with E-state index in [0.29, 0.717) is 22.2 Å². The highest BCUT2D eigenvalue weighted by Crippen LogP contribution is 2.26. The van der Waals surface area contributed by atoms with Crippen LogP contribution in [0.3, 0.4) is 0 Å². The quantitative estimate of drug-likeness (QED) is 0.772. The Bertz CT molecular complexity index is 949. The number of hydrogen-bond donors (Lipinski definition) is 1. The lowest BCUT2D eigenvalue weighted by Crippen LogP contribution is -2.14. The molecule has 1 N–H and O–H groups in total. The Kier molecular flexibility index (Phi) is 3.82. The highest BCUT2D eigenvalue weighted by atomic mass is 35.5. The summed E-state index contributed by atoms with van der Waals surface area (Å²) in [5, 5.41) is 12.1. The van der Waals surface area contributed by atoms with E-state index in [4.69, 9.17) is 11.6 Å². The van der Waals surface area contributed by atoms with Crippen molar-refractivity contribution in [3.8, 4) is 5.82 Å². The molecule has 0 radical (unpaired) electrons. The largest absolute Gasteiger partial charge is 0.274 e. The second-order valence-corrected chi connectivity index (χ2v) is 6.96. The topological polar surface area (TPSA) is 94.7 Å². The molecule has 2 aromatic heterocycles. The van der Waals surface area contributed by atoms with Gasteiger partial charge in [-0.25, -0.2) is 8.42 Å². The normalized spacial score (nSPS) is 11.6. The van der Waals surface area contributed by atoms with E-state index in [1.807, 2.05) is 0 Å². The number of aryl methyl sites for hydroxylation is 1. The van der Waals surface area contributed by atoms with Crippen LogP contribution in [0.25, 0.3) is 5.82 Å². The van der Waals surface area contributed by atoms with Gasteiger partial charge in [-0.1, -0.05) is 17.7 Å². The molecule has 0 aliphatic rings. The monoisotopic (exact) mass is 352 g/mol. The summed E-state index contributed by atoms with van der Waals surface area (Å²) in [6.45, 7) is 1.76. The molecule has 8 nitrogen and oxygen atoms in total. The third kappa shape index (κ3) is 2.92. The first-order chi connectivity index (χ1) is 10.9. The Morgan fingerprint density at radius 3 is 2.57 bits per heavy atom. The number of halogens is 1. The second kappa shape index (κ2) is 5.67. The summed E-state index contributed by atoms with van der Waals surface area (Å²) in [5.41, 5.74) is 1.01. The highest BCUT2D eigenvalue weighted by molar-refractivity contribution is 7.92. The number of benzene rings is 1. The van der Waals surface area contributed by atoms with Crippen LogP contribution in [0.2, 0.25) is 5.02 Å². The van der Waals surface area contributed by atoms with Gasteiger partial charge < -0.3 is 0 Å². The maximum atomic E-state index is 12.6. The fourth-order valence-corrected chi connectivity index (χ4v) is 3.45. The Morgan fingerprint density at radius 1 is 1.22 bits per heavy atom. The molecule has 0 saturated heterocycles. The molecule has 0 atom stereocenters. The molecule has 2 heterocycles. The molecule has 0 saturated carbocycles. The van der Waals surface area contributed by atoms with Gasteiger partial charge in [0.25, 0.3) is 10.0 Å². The Balaban J connectivity index is 2.06. The van der Waals surface area contributed by atoms with Gasteiger partial charge in [0.05, 0.1) is 10.6 Å². The summed E-state index contributed by atoms with van der Waals surface area (Å²) in [6.07, 6.45) is 2.89. The summed E-state index contributed by atoms with van der Waals surface area (Å²) < 4.78 is 30.8. The molecular formula is C13H13ClN6O2S. The summed E-state index contributed by atoms with van der Waals surface area (Å²) in [6, 6.07) is 6.04. The predicted octanol–water partition coefficient (Wildman–Crippen LogP) is 1.76. The van der Waals surface area contributed by atoms with Crippen LogP contribution in [-0.4, -0.2) is 33.0 Å². The number of sulfonamides is 1. The zero-order valence-electron chi connectivity index (χ0n) is 12.3. The van der Waals surface area contributed by atoms with Gasteiger partial charge in [-0.3, -0.25) is 14.0 Å². The third-order valence-corrected chi connectivity index (χ3v) is 4.90. The molecular weight excluding hydrogens is 340 g/mol. The lowest BCUT2D eigenvalue weighted by Gasteiger charge is -2.09. The van der Waals surface area contributed by atoms with Gasteiger partial charge in [-0.05, 0) is 25.1 Å². The van der Waals surface area contributed by atoms with Gasteiger partial charge in [0, 0.05) is 12.1 Å². The van der Waals surface area contributed by atoms with Gasteiger partial charge in [-0.2, -0.15) is 5.10 Å². The van der Waals surface area contributed by atoms with Crippen molar-refractivity contribution >= 4 is 27.3 Å². The van der Waals surface area contributed by atoms with Crippen LogP contribution in [-0.2, 0) is 17.1 Å². The molecule has 0 aliphatic carbocycles. The first kappa shape index (κ1) is 15.5. The standard InChI is InChI=1S/C13H13ClN6O2S/c1-9-12(13(17-19(9)2)20-7-15-16-8-20)18-23(21,22)11-5-3-4-10(14)6-11/h3-8,18H,1-2H3. The molecule has 0 amide bonds. The number of nitrogens with one attached hydrogen (secondary N) is 1. The Morgan fingerprint density at radius 2 is 1.91 bits per heavy atom. The van der Waals surface area contributed by atoms with Crippen LogP contribution in [0.5, 0.6) is 0 Å². The fraction of sp³-hybridized carbons (Fsp3) is 0.154. The molecule has 0 aliphatic heterocycles. The third-order valence-electron chi connectivity index (χ3n) is 3.32. The van der Waals surface area contributed by atoms with Crippen molar-refractivity contribution in [3.05, 3.63) is 47.6 Å². The Labute approximate surface area is 137 Å². The number of rotatable bonds is 4. The maximum absolute atomic E-state index is 12.6. The minimum absolute atomic E-state index is 0.0722. The van der Waals surface area contributed by atoms with Gasteiger partial charge in [0.2, 0.25) is 0 Å². The van der Waals surface area contributed by atoms with Gasteiger partial charge in [0.15, 0.2) is 5.82 Å². The van der Waals surface area contributed by atoms with Gasteiger partial charge in [-0.15, -0.1) is 10.2 Å². The van der Waals surface area contributed by atoms with Crippen molar-refractivity contribution in [1.29, 1.82) is 0 Å². The molecule has 120 valence electrons. The molecule has 3 aromatic rings. The molecule has 1 aromatic carbocycles. The minimum atomic E-state index is -3.80. The van der Waals surface area contributed by atoms with Crippen molar-refractivity contribution < 1.29 is 8.42 Å². The molecule has 10 heteroatoms. The molecule has 3 rings (SSSR count). The van der Waals surface area contributed by atoms with Crippen molar-refractivity contribution in [2.45, 2.75) is 11.8 Å². The smallest absolute Gasteiger partial charge is 0.262 e. The SMILES string of the molecule is Cc1c(NS(=O)(=O)c2cccc(Cl)c2)c(-n2cnnc2)nn1C. The molecule has 0 bridgehead atoms. The summed E-state index contributed by atoms with van der Waals surface area (Å²) >= 11 is 5.87. The van der Waals surface area contributed by atoms with E-state index >= 15 is 0 Å². The lowest BCUT2D eigenvalue weighted by molar-refractivity contribution is 0.601. The highest BCUT2D eigenvalue weighted by Gasteiger charge is 2.22. The maximum Gasteiger partial charge on any atom is 0.262 e. The lowest BCUT2D eigenvalue weighted by atomic mass is 10.4. The number of anilines is 1. The average molecular weight is 353 g/mol. The van der Waals surface area contributed by atoms with Crippen LogP contribution in [0, 0.1) is 6.92 Å². The molecule has 23 heavy (non-hydrogen) atoms. The summed E-state index contributed by atoms with van der Waals surface area (Å²) in [7, 11) is -2.08. The van der Waals surface area contributed by atoms with E-state index in [-0.39, 0.29) is 4.90 Å². The Hall–Kier alpha value is -2.39. The number of aromatic nitrogens is 5. The van der Waals surface area contributed by atoms with E-state index in [2.05, 4.69) is 20.0 Å². The van der Waals surface area contributed by atoms with Crippen LogP contribution >= 0.6 is 11.6 Å². The van der Waals surface area contributed by atoms with Crippen LogP contribution in [0.4, 0.5) is 5.69 Å². The summed E-state index contributed by atoms with van der Waals surface area (Å²) in [4.78, 5) is 0.0722. The predicted molar refractivity (Wildman–Crippen MR) is 85.1 cm³/mol. The van der Waals surface area contributed by atoms with Crippen LogP contribution in [0.15, 0.2) is 41.8 Å². The molecule has 0 unspecified atom stereocenters. The summed E-state index contributed by atoms with van der Waals surface area (Å²) in [5.74, 6) is 0.389. The van der Waals surface area contributed by atoms with Crippen LogP contribution < -0.4 is 4.72 Å². The molecule has 0 spiro atoms. The van der Waals surface area contributed by atoms with E-state index in [1.54, 1.807) is 30.8 Å². The van der Waals surface area contributed by atoms with Crippen molar-refractivity contribution in [3.63, 3.8) is 0 Å². The molecule has 0 fully saturated rings. The first-order valence-corrected chi connectivity index (χ1v) is 8.41. The number of hydrogen-bond acceptors (Lipinski definition) is 5. The van der Waals surface area contributed by atoms with E-state index in [1.165, 1.54) is 29.4 Å².